The van der Waals surface area contributed by atoms with Crippen molar-refractivity contribution in [1.82, 2.24) is 0 Å². The predicted octanol–water partition coefficient (Wildman–Crippen LogP) is 3.33. The Balaban J connectivity index is 2.05. The highest BCUT2D eigenvalue weighted by Crippen LogP contribution is 2.52. The van der Waals surface area contributed by atoms with E-state index in [0.717, 1.165) is 5.57 Å². The quantitative estimate of drug-likeness (QED) is 0.307. The molecule has 0 aromatic rings. The van der Waals surface area contributed by atoms with E-state index >= 15 is 0 Å². The molecule has 0 amide bonds. The van der Waals surface area contributed by atoms with Gasteiger partial charge in [0.15, 0.2) is 0 Å². The van der Waals surface area contributed by atoms with Gasteiger partial charge < -0.3 is 19.3 Å². The maximum Gasteiger partial charge on any atom is 0.334 e. The molecule has 3 rings (SSSR count). The highest BCUT2D eigenvalue weighted by atomic mass is 16.6. The zero-order valence-electron chi connectivity index (χ0n) is 19.7. The first-order chi connectivity index (χ1) is 14.9. The van der Waals surface area contributed by atoms with Crippen molar-refractivity contribution >= 4 is 17.9 Å². The van der Waals surface area contributed by atoms with Gasteiger partial charge in [0.1, 0.15) is 18.3 Å². The molecule has 7 heteroatoms. The van der Waals surface area contributed by atoms with Crippen molar-refractivity contribution in [2.75, 3.05) is 0 Å². The van der Waals surface area contributed by atoms with Crippen molar-refractivity contribution in [3.8, 4) is 0 Å². The SMILES string of the molecule is CC=C(C)C(=O)O[C@H]1C[C@](C)(O)[C@@H]2[C@@H](C(C)=C[C@H]2OC(=O)C(C)=CC)[C@@H]2OC(=O)C(C)=C12. The number of carbonyl (C=O) groups excluding carboxylic acids is 3. The summed E-state index contributed by atoms with van der Waals surface area (Å²) in [6, 6.07) is 0. The molecule has 1 aliphatic heterocycles. The fourth-order valence-electron chi connectivity index (χ4n) is 4.93. The molecule has 174 valence electrons. The van der Waals surface area contributed by atoms with E-state index in [2.05, 4.69) is 0 Å². The van der Waals surface area contributed by atoms with Crippen LogP contribution < -0.4 is 0 Å². The fraction of sp³-hybridized carbons (Fsp3) is 0.560. The minimum atomic E-state index is -1.37. The molecule has 1 N–H and O–H groups in total. The molecule has 0 aromatic heterocycles. The van der Waals surface area contributed by atoms with Crippen molar-refractivity contribution in [1.29, 1.82) is 0 Å². The van der Waals surface area contributed by atoms with Gasteiger partial charge in [-0.3, -0.25) is 0 Å². The Labute approximate surface area is 188 Å². The Kier molecular flexibility index (Phi) is 6.52. The molecule has 0 saturated heterocycles. The van der Waals surface area contributed by atoms with Gasteiger partial charge in [-0.25, -0.2) is 14.4 Å². The average Bonchev–Trinajstić information content (AvgIpc) is 3.18. The highest BCUT2D eigenvalue weighted by molar-refractivity contribution is 5.93. The van der Waals surface area contributed by atoms with E-state index in [9.17, 15) is 19.5 Å². The van der Waals surface area contributed by atoms with Gasteiger partial charge in [-0.2, -0.15) is 0 Å². The zero-order valence-corrected chi connectivity index (χ0v) is 19.7. The normalized spacial score (nSPS) is 34.9. The van der Waals surface area contributed by atoms with E-state index in [4.69, 9.17) is 14.2 Å². The van der Waals surface area contributed by atoms with Crippen molar-refractivity contribution in [2.45, 2.75) is 78.8 Å². The summed E-state index contributed by atoms with van der Waals surface area (Å²) in [5.74, 6) is -2.42. The molecule has 2 aliphatic carbocycles. The van der Waals surface area contributed by atoms with Gasteiger partial charge in [-0.1, -0.05) is 17.7 Å². The third kappa shape index (κ3) is 4.06. The lowest BCUT2D eigenvalue weighted by Crippen LogP contribution is -2.46. The number of hydrogen-bond donors (Lipinski definition) is 1. The minimum Gasteiger partial charge on any atom is -0.454 e. The number of hydrogen-bond acceptors (Lipinski definition) is 7. The molecule has 1 saturated carbocycles. The predicted molar refractivity (Wildman–Crippen MR) is 117 cm³/mol. The number of ether oxygens (including phenoxy) is 3. The van der Waals surface area contributed by atoms with Crippen LogP contribution in [0.3, 0.4) is 0 Å². The first-order valence-electron chi connectivity index (χ1n) is 10.9. The monoisotopic (exact) mass is 444 g/mol. The van der Waals surface area contributed by atoms with Gasteiger partial charge in [0, 0.05) is 40.5 Å². The Morgan fingerprint density at radius 1 is 1.12 bits per heavy atom. The van der Waals surface area contributed by atoms with Gasteiger partial charge in [-0.15, -0.1) is 0 Å². The van der Waals surface area contributed by atoms with Crippen LogP contribution in [0.5, 0.6) is 0 Å². The standard InChI is InChI=1S/C25H32O7/c1-8-12(3)22(26)30-16-10-14(5)18-20(16)25(7,29)11-17(31-23(27)13(4)9-2)19-15(6)24(28)32-21(18)19/h8-10,16-18,20-21,29H,11H2,1-7H3/t16-,17+,18-,20+,21+,25+/m1/s1. The van der Waals surface area contributed by atoms with Crippen molar-refractivity contribution in [2.24, 2.45) is 11.8 Å². The lowest BCUT2D eigenvalue weighted by atomic mass is 9.76. The summed E-state index contributed by atoms with van der Waals surface area (Å²) in [5, 5.41) is 11.6. The topological polar surface area (TPSA) is 99.1 Å². The zero-order chi connectivity index (χ0) is 24.0. The van der Waals surface area contributed by atoms with Gasteiger partial charge >= 0.3 is 17.9 Å². The van der Waals surface area contributed by atoms with Crippen LogP contribution >= 0.6 is 0 Å². The van der Waals surface area contributed by atoms with Crippen molar-refractivity contribution < 1.29 is 33.7 Å². The average molecular weight is 445 g/mol. The number of rotatable bonds is 4. The van der Waals surface area contributed by atoms with Crippen LogP contribution in [0.2, 0.25) is 0 Å². The molecule has 1 fully saturated rings. The second-order valence-electron chi connectivity index (χ2n) is 9.14. The van der Waals surface area contributed by atoms with Gasteiger partial charge in [0.05, 0.1) is 5.60 Å². The van der Waals surface area contributed by atoms with Crippen LogP contribution in [0.15, 0.2) is 46.1 Å². The van der Waals surface area contributed by atoms with E-state index < -0.39 is 53.7 Å². The maximum absolute atomic E-state index is 12.6. The van der Waals surface area contributed by atoms with Crippen LogP contribution in [0.4, 0.5) is 0 Å². The molecule has 32 heavy (non-hydrogen) atoms. The third-order valence-electron chi connectivity index (χ3n) is 6.97. The fourth-order valence-corrected chi connectivity index (χ4v) is 4.93. The van der Waals surface area contributed by atoms with E-state index in [1.165, 1.54) is 0 Å². The number of carbonyl (C=O) groups is 3. The summed E-state index contributed by atoms with van der Waals surface area (Å²) in [6.07, 6.45) is 2.94. The molecule has 0 bridgehead atoms. The Morgan fingerprint density at radius 2 is 1.69 bits per heavy atom. The van der Waals surface area contributed by atoms with Crippen LogP contribution in [0, 0.1) is 11.8 Å². The maximum atomic E-state index is 12.6. The first kappa shape index (κ1) is 24.0. The second kappa shape index (κ2) is 8.70. The molecule has 0 aromatic carbocycles. The number of fused-ring (bicyclic) bond motifs is 3. The smallest absolute Gasteiger partial charge is 0.334 e. The molecular formula is C25H32O7. The van der Waals surface area contributed by atoms with E-state index in [1.807, 2.05) is 13.0 Å². The molecule has 6 atom stereocenters. The molecule has 7 nitrogen and oxygen atoms in total. The Morgan fingerprint density at radius 3 is 2.25 bits per heavy atom. The Bertz CT molecular complexity index is 963. The summed E-state index contributed by atoms with van der Waals surface area (Å²) in [6.45, 7) is 12.0. The summed E-state index contributed by atoms with van der Waals surface area (Å²) in [7, 11) is 0. The van der Waals surface area contributed by atoms with E-state index in [0.29, 0.717) is 22.3 Å². The number of esters is 3. The minimum absolute atomic E-state index is 0.0501. The van der Waals surface area contributed by atoms with Gasteiger partial charge in [0.2, 0.25) is 0 Å². The summed E-state index contributed by atoms with van der Waals surface area (Å²) in [5.41, 5.74) is 1.34. The lowest BCUT2D eigenvalue weighted by molar-refractivity contribution is -0.156. The molecule has 0 spiro atoms. The van der Waals surface area contributed by atoms with Crippen molar-refractivity contribution in [3.63, 3.8) is 0 Å². The summed E-state index contributed by atoms with van der Waals surface area (Å²) in [4.78, 5) is 37.6. The summed E-state index contributed by atoms with van der Waals surface area (Å²) >= 11 is 0. The molecule has 0 unspecified atom stereocenters. The molecular weight excluding hydrogens is 412 g/mol. The van der Waals surface area contributed by atoms with Gasteiger partial charge in [-0.05, 0) is 54.5 Å². The van der Waals surface area contributed by atoms with Crippen molar-refractivity contribution in [3.05, 3.63) is 46.1 Å². The highest BCUT2D eigenvalue weighted by Gasteiger charge is 2.59. The van der Waals surface area contributed by atoms with E-state index in [-0.39, 0.29) is 6.42 Å². The van der Waals surface area contributed by atoms with Crippen LogP contribution in [0.25, 0.3) is 0 Å². The molecule has 0 radical (unpaired) electrons. The van der Waals surface area contributed by atoms with Crippen LogP contribution in [-0.4, -0.2) is 46.9 Å². The summed E-state index contributed by atoms with van der Waals surface area (Å²) < 4.78 is 17.3. The number of aliphatic hydroxyl groups is 1. The first-order valence-corrected chi connectivity index (χ1v) is 10.9. The Hall–Kier alpha value is -2.67. The molecule has 1 heterocycles. The van der Waals surface area contributed by atoms with Gasteiger partial charge in [0.25, 0.3) is 0 Å². The third-order valence-corrected chi connectivity index (χ3v) is 6.97. The van der Waals surface area contributed by atoms with Crippen LogP contribution in [-0.2, 0) is 28.6 Å². The largest absolute Gasteiger partial charge is 0.454 e. The lowest BCUT2D eigenvalue weighted by Gasteiger charge is -2.37. The molecule has 3 aliphatic rings. The number of allylic oxidation sites excluding steroid dienone is 2. The van der Waals surface area contributed by atoms with Crippen LogP contribution in [0.1, 0.15) is 54.9 Å². The second-order valence-corrected chi connectivity index (χ2v) is 9.14. The van der Waals surface area contributed by atoms with E-state index in [1.54, 1.807) is 53.7 Å².